The maximum atomic E-state index is 12.6. The number of fused-ring (bicyclic) bond motifs is 1. The molecule has 2 aromatic carbocycles. The lowest BCUT2D eigenvalue weighted by Gasteiger charge is -2.20. The molecular weight excluding hydrogens is 346 g/mol. The molecule has 0 fully saturated rings. The van der Waals surface area contributed by atoms with Gasteiger partial charge in [-0.3, -0.25) is 4.79 Å². The van der Waals surface area contributed by atoms with Crippen molar-refractivity contribution in [2.75, 3.05) is 6.61 Å². The van der Waals surface area contributed by atoms with Crippen LogP contribution in [-0.4, -0.2) is 27.3 Å². The number of aryl methyl sites for hydroxylation is 1. The predicted molar refractivity (Wildman–Crippen MR) is 102 cm³/mol. The molecule has 1 aromatic heterocycles. The van der Waals surface area contributed by atoms with E-state index in [4.69, 9.17) is 4.74 Å². The van der Waals surface area contributed by atoms with Crippen LogP contribution in [0.4, 0.5) is 0 Å². The molecule has 4 rings (SSSR count). The second-order valence-electron chi connectivity index (χ2n) is 6.21. The van der Waals surface area contributed by atoms with Crippen molar-refractivity contribution in [3.63, 3.8) is 0 Å². The third-order valence-electron chi connectivity index (χ3n) is 4.26. The number of hydrogen-bond donors (Lipinski definition) is 0. The van der Waals surface area contributed by atoms with Crippen molar-refractivity contribution in [1.82, 2.24) is 14.8 Å². The Bertz CT molecular complexity index is 950. The summed E-state index contributed by atoms with van der Waals surface area (Å²) in [7, 11) is 0. The minimum absolute atomic E-state index is 0.0240. The van der Waals surface area contributed by atoms with Crippen LogP contribution in [0.25, 0.3) is 11.4 Å². The van der Waals surface area contributed by atoms with Gasteiger partial charge in [-0.2, -0.15) is 4.68 Å². The van der Waals surface area contributed by atoms with Crippen molar-refractivity contribution in [2.24, 2.45) is 0 Å². The summed E-state index contributed by atoms with van der Waals surface area (Å²) >= 11 is 1.58. The van der Waals surface area contributed by atoms with E-state index < -0.39 is 0 Å². The molecule has 0 amide bonds. The summed E-state index contributed by atoms with van der Waals surface area (Å²) in [5.74, 6) is 1.41. The zero-order valence-corrected chi connectivity index (χ0v) is 15.5. The maximum Gasteiger partial charge on any atom is 0.250 e. The fourth-order valence-corrected chi connectivity index (χ4v) is 4.14. The quantitative estimate of drug-likeness (QED) is 0.680. The lowest BCUT2D eigenvalue weighted by molar-refractivity contribution is 0.0868. The summed E-state index contributed by atoms with van der Waals surface area (Å²) in [4.78, 5) is 17.2. The van der Waals surface area contributed by atoms with Gasteiger partial charge in [0.1, 0.15) is 5.75 Å². The molecule has 1 atom stereocenters. The van der Waals surface area contributed by atoms with E-state index in [1.807, 2.05) is 62.4 Å². The van der Waals surface area contributed by atoms with Gasteiger partial charge in [-0.25, -0.2) is 4.98 Å². The molecule has 1 aliphatic rings. The van der Waals surface area contributed by atoms with Crippen LogP contribution in [0, 0.1) is 6.92 Å². The van der Waals surface area contributed by atoms with E-state index in [0.29, 0.717) is 24.0 Å². The van der Waals surface area contributed by atoms with Crippen LogP contribution in [0.2, 0.25) is 0 Å². The average molecular weight is 365 g/mol. The zero-order chi connectivity index (χ0) is 18.1. The Labute approximate surface area is 156 Å². The average Bonchev–Trinajstić information content (AvgIpc) is 3.07. The molecule has 6 heteroatoms. The van der Waals surface area contributed by atoms with Crippen LogP contribution >= 0.6 is 11.8 Å². The van der Waals surface area contributed by atoms with Crippen molar-refractivity contribution < 1.29 is 9.53 Å². The Kier molecular flexibility index (Phi) is 4.51. The highest BCUT2D eigenvalue weighted by Crippen LogP contribution is 2.41. The molecule has 0 saturated carbocycles. The number of ether oxygens (including phenoxy) is 1. The highest BCUT2D eigenvalue weighted by molar-refractivity contribution is 7.99. The van der Waals surface area contributed by atoms with Gasteiger partial charge in [0.2, 0.25) is 0 Å². The molecule has 3 aromatic rings. The largest absolute Gasteiger partial charge is 0.494 e. The van der Waals surface area contributed by atoms with E-state index in [-0.39, 0.29) is 11.2 Å². The molecule has 0 N–H and O–H groups in total. The van der Waals surface area contributed by atoms with Gasteiger partial charge in [-0.15, -0.1) is 5.10 Å². The van der Waals surface area contributed by atoms with Crippen LogP contribution in [-0.2, 0) is 0 Å². The van der Waals surface area contributed by atoms with Gasteiger partial charge < -0.3 is 4.74 Å². The maximum absolute atomic E-state index is 12.6. The number of hydrogen-bond acceptors (Lipinski definition) is 5. The number of carbonyl (C=O) groups excluding carboxylic acids is 1. The Hall–Kier alpha value is -2.60. The van der Waals surface area contributed by atoms with Gasteiger partial charge in [0.05, 0.1) is 6.61 Å². The second kappa shape index (κ2) is 6.96. The molecule has 26 heavy (non-hydrogen) atoms. The lowest BCUT2D eigenvalue weighted by atomic mass is 10.1. The fourth-order valence-electron chi connectivity index (χ4n) is 2.99. The van der Waals surface area contributed by atoms with Crippen LogP contribution in [0.15, 0.2) is 53.7 Å². The number of aromatic nitrogens is 3. The Balaban J connectivity index is 1.61. The van der Waals surface area contributed by atoms with Crippen LogP contribution in [0.3, 0.4) is 0 Å². The Morgan fingerprint density at radius 2 is 2.04 bits per heavy atom. The number of nitrogens with zero attached hydrogens (tertiary/aromatic N) is 3. The first-order valence-electron chi connectivity index (χ1n) is 8.61. The summed E-state index contributed by atoms with van der Waals surface area (Å²) < 4.78 is 6.93. The highest BCUT2D eigenvalue weighted by atomic mass is 32.2. The smallest absolute Gasteiger partial charge is 0.250 e. The van der Waals surface area contributed by atoms with Gasteiger partial charge in [0.15, 0.2) is 11.0 Å². The zero-order valence-electron chi connectivity index (χ0n) is 14.7. The lowest BCUT2D eigenvalue weighted by Crippen LogP contribution is -2.20. The molecule has 0 spiro atoms. The van der Waals surface area contributed by atoms with Gasteiger partial charge in [-0.05, 0) is 37.6 Å². The van der Waals surface area contributed by atoms with Crippen LogP contribution < -0.4 is 4.74 Å². The summed E-state index contributed by atoms with van der Waals surface area (Å²) in [5, 5.41) is 5.12. The van der Waals surface area contributed by atoms with Crippen molar-refractivity contribution in [3.8, 4) is 17.1 Å². The molecule has 0 radical (unpaired) electrons. The van der Waals surface area contributed by atoms with Gasteiger partial charge in [0, 0.05) is 17.2 Å². The summed E-state index contributed by atoms with van der Waals surface area (Å²) in [6, 6.07) is 15.9. The summed E-state index contributed by atoms with van der Waals surface area (Å²) in [6.07, 6.45) is 0.405. The molecule has 132 valence electrons. The molecule has 0 aliphatic carbocycles. The third-order valence-corrected chi connectivity index (χ3v) is 5.46. The second-order valence-corrected chi connectivity index (χ2v) is 7.38. The molecule has 1 aliphatic heterocycles. The first-order valence-corrected chi connectivity index (χ1v) is 9.48. The first kappa shape index (κ1) is 16.8. The molecule has 5 nitrogen and oxygen atoms in total. The van der Waals surface area contributed by atoms with Crippen LogP contribution in [0.5, 0.6) is 5.75 Å². The number of benzene rings is 2. The van der Waals surface area contributed by atoms with Crippen LogP contribution in [0.1, 0.15) is 34.5 Å². The molecule has 0 saturated heterocycles. The van der Waals surface area contributed by atoms with Crippen molar-refractivity contribution in [1.29, 1.82) is 0 Å². The number of thioether (sulfide) groups is 1. The van der Waals surface area contributed by atoms with Crippen molar-refractivity contribution in [3.05, 3.63) is 59.7 Å². The van der Waals surface area contributed by atoms with Gasteiger partial charge >= 0.3 is 0 Å². The first-order chi connectivity index (χ1) is 12.6. The van der Waals surface area contributed by atoms with Gasteiger partial charge in [0.25, 0.3) is 5.91 Å². The Morgan fingerprint density at radius 1 is 1.23 bits per heavy atom. The standard InChI is InChI=1S/C20H19N3O2S/c1-3-25-16-9-7-14(8-10-16)17-12-18(24)23-20(26-17)21-19(22-23)15-6-4-5-13(2)11-15/h4-11,17H,3,12H2,1-2H3/t17-/m0/s1. The fraction of sp³-hybridized carbons (Fsp3) is 0.250. The van der Waals surface area contributed by atoms with Crippen molar-refractivity contribution >= 4 is 17.7 Å². The van der Waals surface area contributed by atoms with E-state index >= 15 is 0 Å². The third kappa shape index (κ3) is 3.24. The van der Waals surface area contributed by atoms with E-state index in [1.165, 1.54) is 4.68 Å². The van der Waals surface area contributed by atoms with Gasteiger partial charge in [-0.1, -0.05) is 47.7 Å². The number of rotatable bonds is 4. The van der Waals surface area contributed by atoms with E-state index in [0.717, 1.165) is 22.4 Å². The highest BCUT2D eigenvalue weighted by Gasteiger charge is 2.30. The summed E-state index contributed by atoms with van der Waals surface area (Å²) in [5.41, 5.74) is 3.16. The predicted octanol–water partition coefficient (Wildman–Crippen LogP) is 4.53. The molecule has 0 bridgehead atoms. The SMILES string of the molecule is CCOc1ccc([C@@H]2CC(=O)n3nc(-c4cccc(C)c4)nc3S2)cc1. The Morgan fingerprint density at radius 3 is 2.77 bits per heavy atom. The molecule has 0 unspecified atom stereocenters. The van der Waals surface area contributed by atoms with E-state index in [9.17, 15) is 4.79 Å². The van der Waals surface area contributed by atoms with Crippen molar-refractivity contribution in [2.45, 2.75) is 30.7 Å². The molecular formula is C20H19N3O2S. The normalized spacial score (nSPS) is 16.4. The minimum atomic E-state index is -0.0240. The monoisotopic (exact) mass is 365 g/mol. The van der Waals surface area contributed by atoms with E-state index in [1.54, 1.807) is 11.8 Å². The summed E-state index contributed by atoms with van der Waals surface area (Å²) in [6.45, 7) is 4.63. The molecule has 2 heterocycles. The minimum Gasteiger partial charge on any atom is -0.494 e. The number of carbonyl (C=O) groups is 1. The topological polar surface area (TPSA) is 57.0 Å². The van der Waals surface area contributed by atoms with E-state index in [2.05, 4.69) is 10.1 Å².